The van der Waals surface area contributed by atoms with Gasteiger partial charge in [-0.1, -0.05) is 60.7 Å². The molecule has 0 spiro atoms. The van der Waals surface area contributed by atoms with E-state index in [-0.39, 0.29) is 9.92 Å². The van der Waals surface area contributed by atoms with Gasteiger partial charge in [0.25, 0.3) is 0 Å². The predicted octanol–water partition coefficient (Wildman–Crippen LogP) is 4.44. The number of nitrogens with two attached hydrogens (primary N) is 1. The van der Waals surface area contributed by atoms with Gasteiger partial charge in [-0.05, 0) is 53.8 Å². The predicted molar refractivity (Wildman–Crippen MR) is 103 cm³/mol. The van der Waals surface area contributed by atoms with Crippen LogP contribution in [0.5, 0.6) is 0 Å². The van der Waals surface area contributed by atoms with Crippen molar-refractivity contribution in [1.82, 2.24) is 0 Å². The minimum Gasteiger partial charge on any atom is -0.389 e. The molecule has 128 valence electrons. The van der Waals surface area contributed by atoms with Crippen molar-refractivity contribution in [3.8, 4) is 0 Å². The maximum atomic E-state index is 12.6. The Kier molecular flexibility index (Phi) is 5.19. The monoisotopic (exact) mass is 351 g/mol. The summed E-state index contributed by atoms with van der Waals surface area (Å²) in [5.41, 5.74) is 7.12. The highest BCUT2D eigenvalue weighted by Gasteiger charge is 2.17. The van der Waals surface area contributed by atoms with Gasteiger partial charge in [0, 0.05) is 0 Å². The van der Waals surface area contributed by atoms with Crippen LogP contribution in [0.4, 0.5) is 0 Å². The molecule has 25 heavy (non-hydrogen) atoms. The lowest BCUT2D eigenvalue weighted by Gasteiger charge is -2.07. The fraction of sp³-hybridized carbons (Fsp3) is 0.143. The molecule has 3 rings (SSSR count). The van der Waals surface area contributed by atoms with Gasteiger partial charge >= 0.3 is 0 Å². The van der Waals surface area contributed by atoms with Crippen LogP contribution in [0.3, 0.4) is 0 Å². The number of sulfone groups is 1. The van der Waals surface area contributed by atoms with Crippen molar-refractivity contribution >= 4 is 20.6 Å². The molecule has 0 aliphatic heterocycles. The second-order valence-electron chi connectivity index (χ2n) is 6.00. The van der Waals surface area contributed by atoms with Crippen molar-refractivity contribution in [2.24, 2.45) is 5.73 Å². The van der Waals surface area contributed by atoms with Crippen LogP contribution in [0.1, 0.15) is 18.4 Å². The fourth-order valence-corrected chi connectivity index (χ4v) is 3.91. The summed E-state index contributed by atoms with van der Waals surface area (Å²) in [6.07, 6.45) is 4.01. The van der Waals surface area contributed by atoms with Crippen molar-refractivity contribution in [1.29, 1.82) is 0 Å². The average molecular weight is 351 g/mol. The topological polar surface area (TPSA) is 60.2 Å². The molecule has 3 aromatic rings. The summed E-state index contributed by atoms with van der Waals surface area (Å²) in [5, 5.41) is 1.82. The van der Waals surface area contributed by atoms with E-state index in [0.717, 1.165) is 23.6 Å². The number of benzene rings is 3. The molecule has 0 fully saturated rings. The zero-order valence-corrected chi connectivity index (χ0v) is 14.7. The van der Waals surface area contributed by atoms with Crippen molar-refractivity contribution in [3.63, 3.8) is 0 Å². The summed E-state index contributed by atoms with van der Waals surface area (Å²) in [4.78, 5) is 0.239. The van der Waals surface area contributed by atoms with Gasteiger partial charge in [0.2, 0.25) is 9.84 Å². The van der Waals surface area contributed by atoms with Crippen LogP contribution in [-0.2, 0) is 16.3 Å². The van der Waals surface area contributed by atoms with Gasteiger partial charge in [0.1, 0.15) is 5.03 Å². The Balaban J connectivity index is 1.71. The lowest BCUT2D eigenvalue weighted by atomic mass is 10.1. The summed E-state index contributed by atoms with van der Waals surface area (Å²) >= 11 is 0. The number of rotatable bonds is 6. The molecule has 4 heteroatoms. The highest BCUT2D eigenvalue weighted by atomic mass is 32.2. The van der Waals surface area contributed by atoms with Crippen LogP contribution in [0.15, 0.2) is 88.8 Å². The second-order valence-corrected chi connectivity index (χ2v) is 7.95. The molecule has 0 atom stereocenters. The van der Waals surface area contributed by atoms with E-state index in [1.165, 1.54) is 5.56 Å². The number of allylic oxidation sites excluding steroid dienone is 1. The molecule has 0 saturated heterocycles. The van der Waals surface area contributed by atoms with Gasteiger partial charge < -0.3 is 5.73 Å². The molecule has 0 aromatic heterocycles. The second kappa shape index (κ2) is 7.53. The fourth-order valence-electron chi connectivity index (χ4n) is 2.78. The van der Waals surface area contributed by atoms with Crippen molar-refractivity contribution < 1.29 is 8.42 Å². The van der Waals surface area contributed by atoms with E-state index in [9.17, 15) is 8.42 Å². The molecular formula is C21H21NO2S. The van der Waals surface area contributed by atoms with Crippen molar-refractivity contribution in [2.45, 2.75) is 24.2 Å². The van der Waals surface area contributed by atoms with Gasteiger partial charge in [-0.3, -0.25) is 0 Å². The third kappa shape index (κ3) is 4.09. The molecule has 0 aliphatic rings. The standard InChI is InChI=1S/C21H21NO2S/c22-21(13-7-4-10-17-8-2-1-3-9-17)25(23,24)20-15-14-18-11-5-6-12-19(18)16-20/h1-3,5-6,8-9,11-16H,4,7,10,22H2. The molecular weight excluding hydrogens is 330 g/mol. The third-order valence-corrected chi connectivity index (χ3v) is 5.86. The smallest absolute Gasteiger partial charge is 0.220 e. The van der Waals surface area contributed by atoms with E-state index < -0.39 is 9.84 Å². The summed E-state index contributed by atoms with van der Waals surface area (Å²) in [7, 11) is -3.64. The molecule has 0 amide bonds. The Morgan fingerprint density at radius 2 is 1.56 bits per heavy atom. The van der Waals surface area contributed by atoms with Crippen molar-refractivity contribution in [3.05, 3.63) is 89.5 Å². The Bertz CT molecular complexity index is 993. The minimum absolute atomic E-state index is 0.0733. The molecule has 2 N–H and O–H groups in total. The van der Waals surface area contributed by atoms with E-state index in [1.54, 1.807) is 18.2 Å². The summed E-state index contributed by atoms with van der Waals surface area (Å²) in [6.45, 7) is 0. The van der Waals surface area contributed by atoms with Crippen LogP contribution >= 0.6 is 0 Å². The number of hydrogen-bond acceptors (Lipinski definition) is 3. The van der Waals surface area contributed by atoms with E-state index in [2.05, 4.69) is 12.1 Å². The van der Waals surface area contributed by atoms with Gasteiger partial charge in [-0.2, -0.15) is 0 Å². The zero-order valence-electron chi connectivity index (χ0n) is 13.9. The Morgan fingerprint density at radius 1 is 0.880 bits per heavy atom. The average Bonchev–Trinajstić information content (AvgIpc) is 2.65. The third-order valence-electron chi connectivity index (χ3n) is 4.20. The van der Waals surface area contributed by atoms with Crippen LogP contribution in [0, 0.1) is 0 Å². The minimum atomic E-state index is -3.64. The molecule has 0 saturated carbocycles. The first-order valence-electron chi connectivity index (χ1n) is 8.31. The van der Waals surface area contributed by atoms with Gasteiger partial charge in [-0.25, -0.2) is 8.42 Å². The number of hydrogen-bond donors (Lipinski definition) is 1. The molecule has 3 aromatic carbocycles. The number of unbranched alkanes of at least 4 members (excludes halogenated alkanes) is 1. The van der Waals surface area contributed by atoms with Crippen LogP contribution in [0.2, 0.25) is 0 Å². The van der Waals surface area contributed by atoms with Gasteiger partial charge in [0.15, 0.2) is 0 Å². The largest absolute Gasteiger partial charge is 0.389 e. The maximum Gasteiger partial charge on any atom is 0.220 e. The maximum absolute atomic E-state index is 12.6. The molecule has 0 heterocycles. The van der Waals surface area contributed by atoms with Gasteiger partial charge in [-0.15, -0.1) is 0 Å². The lowest BCUT2D eigenvalue weighted by Crippen LogP contribution is -2.12. The SMILES string of the molecule is NC(=CCCCc1ccccc1)S(=O)(=O)c1ccc2ccccc2c1. The Labute approximate surface area is 148 Å². The van der Waals surface area contributed by atoms with Crippen LogP contribution in [-0.4, -0.2) is 8.42 Å². The first kappa shape index (κ1) is 17.2. The summed E-state index contributed by atoms with van der Waals surface area (Å²) in [5.74, 6) is 0. The van der Waals surface area contributed by atoms with Gasteiger partial charge in [0.05, 0.1) is 4.90 Å². The van der Waals surface area contributed by atoms with E-state index in [0.29, 0.717) is 6.42 Å². The highest BCUT2D eigenvalue weighted by molar-refractivity contribution is 7.95. The molecule has 0 aliphatic carbocycles. The summed E-state index contributed by atoms with van der Waals surface area (Å²) in [6, 6.07) is 22.9. The first-order chi connectivity index (χ1) is 12.1. The zero-order chi connectivity index (χ0) is 17.7. The van der Waals surface area contributed by atoms with Crippen molar-refractivity contribution in [2.75, 3.05) is 0 Å². The van der Waals surface area contributed by atoms with E-state index in [1.807, 2.05) is 48.5 Å². The van der Waals surface area contributed by atoms with E-state index in [4.69, 9.17) is 5.73 Å². The molecule has 3 nitrogen and oxygen atoms in total. The molecule has 0 bridgehead atoms. The first-order valence-corrected chi connectivity index (χ1v) is 9.79. The Morgan fingerprint density at radius 3 is 2.32 bits per heavy atom. The molecule has 0 radical (unpaired) electrons. The highest BCUT2D eigenvalue weighted by Crippen LogP contribution is 2.22. The number of fused-ring (bicyclic) bond motifs is 1. The van der Waals surface area contributed by atoms with Crippen LogP contribution < -0.4 is 5.73 Å². The normalized spacial score (nSPS) is 12.4. The Hall–Kier alpha value is -2.59. The number of aryl methyl sites for hydroxylation is 1. The lowest BCUT2D eigenvalue weighted by molar-refractivity contribution is 0.601. The molecule has 0 unspecified atom stereocenters. The summed E-state index contributed by atoms with van der Waals surface area (Å²) < 4.78 is 25.3. The quantitative estimate of drug-likeness (QED) is 0.668. The van der Waals surface area contributed by atoms with E-state index >= 15 is 0 Å². The van der Waals surface area contributed by atoms with Crippen LogP contribution in [0.25, 0.3) is 10.8 Å².